The molecule has 0 radical (unpaired) electrons. The second-order valence-corrected chi connectivity index (χ2v) is 9.88. The summed E-state index contributed by atoms with van der Waals surface area (Å²) in [7, 11) is 2.25. The Kier molecular flexibility index (Phi) is 4.58. The first kappa shape index (κ1) is 20.6. The number of likely N-dealkylation sites (N-methyl/N-ethyl adjacent to an activating group) is 1. The maximum atomic E-state index is 12.6. The van der Waals surface area contributed by atoms with Crippen molar-refractivity contribution in [2.45, 2.75) is 62.0 Å². The highest BCUT2D eigenvalue weighted by Crippen LogP contribution is 2.61. The fraction of sp³-hybridized carbons (Fsp3) is 0.636. The van der Waals surface area contributed by atoms with Crippen LogP contribution in [0.2, 0.25) is 0 Å². The summed E-state index contributed by atoms with van der Waals surface area (Å²) in [5, 5.41) is 23.2. The SMILES string of the molecule is C[N@+]1(CC2CC2)CC[C@]23CC(=O)CC[C@@]2(O)[C@H]1Cc1ccc(C(N)=O)c(O)c13.[Cl-]. The van der Waals surface area contributed by atoms with Crippen molar-refractivity contribution in [1.29, 1.82) is 0 Å². The molecule has 158 valence electrons. The number of halogens is 1. The van der Waals surface area contributed by atoms with E-state index in [-0.39, 0.29) is 42.0 Å². The van der Waals surface area contributed by atoms with E-state index >= 15 is 0 Å². The fourth-order valence-corrected chi connectivity index (χ4v) is 6.73. The number of carbonyl (C=O) groups is 2. The molecule has 1 amide bonds. The van der Waals surface area contributed by atoms with Gasteiger partial charge in [0.25, 0.3) is 5.91 Å². The van der Waals surface area contributed by atoms with Crippen molar-refractivity contribution >= 4 is 11.7 Å². The lowest BCUT2D eigenvalue weighted by atomic mass is 9.48. The molecule has 4 aliphatic rings. The van der Waals surface area contributed by atoms with Gasteiger partial charge in [-0.15, -0.1) is 0 Å². The molecule has 29 heavy (non-hydrogen) atoms. The van der Waals surface area contributed by atoms with Crippen molar-refractivity contribution in [1.82, 2.24) is 0 Å². The zero-order valence-electron chi connectivity index (χ0n) is 16.8. The predicted molar refractivity (Wildman–Crippen MR) is 103 cm³/mol. The van der Waals surface area contributed by atoms with Crippen molar-refractivity contribution in [2.24, 2.45) is 11.7 Å². The average Bonchev–Trinajstić information content (AvgIpc) is 3.43. The molecule has 1 aromatic carbocycles. The van der Waals surface area contributed by atoms with Gasteiger partial charge in [-0.05, 0) is 30.9 Å². The van der Waals surface area contributed by atoms with Crippen LogP contribution < -0.4 is 18.1 Å². The monoisotopic (exact) mass is 420 g/mol. The highest BCUT2D eigenvalue weighted by molar-refractivity contribution is 5.96. The maximum Gasteiger partial charge on any atom is 0.252 e. The van der Waals surface area contributed by atoms with Crippen LogP contribution >= 0.6 is 0 Å². The fourth-order valence-electron chi connectivity index (χ4n) is 6.73. The first-order valence-electron chi connectivity index (χ1n) is 10.4. The Hall–Kier alpha value is -1.63. The number of nitrogens with zero attached hydrogens (tertiary/aromatic N) is 1. The molecule has 1 aromatic rings. The third-order valence-corrected chi connectivity index (χ3v) is 8.26. The molecule has 6 nitrogen and oxygen atoms in total. The molecule has 5 rings (SSSR count). The number of hydrogen-bond donors (Lipinski definition) is 3. The molecule has 0 unspecified atom stereocenters. The van der Waals surface area contributed by atoms with Crippen LogP contribution in [0.15, 0.2) is 12.1 Å². The summed E-state index contributed by atoms with van der Waals surface area (Å²) < 4.78 is 0.828. The molecule has 2 saturated carbocycles. The van der Waals surface area contributed by atoms with Crippen molar-refractivity contribution in [3.8, 4) is 5.75 Å². The highest BCUT2D eigenvalue weighted by Gasteiger charge is 2.70. The Balaban J connectivity index is 0.00000205. The number of phenols is 1. The van der Waals surface area contributed by atoms with E-state index in [2.05, 4.69) is 7.05 Å². The third kappa shape index (κ3) is 2.69. The Morgan fingerprint density at radius 3 is 2.69 bits per heavy atom. The molecule has 1 saturated heterocycles. The van der Waals surface area contributed by atoms with Crippen LogP contribution in [0, 0.1) is 5.92 Å². The van der Waals surface area contributed by atoms with Gasteiger partial charge in [0.1, 0.15) is 23.2 Å². The zero-order valence-corrected chi connectivity index (χ0v) is 17.5. The van der Waals surface area contributed by atoms with Gasteiger partial charge in [0.05, 0.1) is 25.7 Å². The number of rotatable bonds is 3. The van der Waals surface area contributed by atoms with Gasteiger partial charge in [0, 0.05) is 42.6 Å². The van der Waals surface area contributed by atoms with Gasteiger partial charge in [-0.2, -0.15) is 0 Å². The minimum atomic E-state index is -1.05. The molecular weight excluding hydrogens is 392 g/mol. The average molecular weight is 421 g/mol. The van der Waals surface area contributed by atoms with E-state index in [1.807, 2.05) is 6.07 Å². The lowest BCUT2D eigenvalue weighted by Gasteiger charge is -2.65. The van der Waals surface area contributed by atoms with E-state index in [9.17, 15) is 19.8 Å². The van der Waals surface area contributed by atoms with E-state index in [0.717, 1.165) is 29.1 Å². The molecule has 4 atom stereocenters. The van der Waals surface area contributed by atoms with Crippen LogP contribution in [0.25, 0.3) is 0 Å². The number of fused-ring (bicyclic) bond motifs is 1. The van der Waals surface area contributed by atoms with Crippen molar-refractivity contribution in [2.75, 3.05) is 20.1 Å². The molecular formula is C22H29ClN2O4. The van der Waals surface area contributed by atoms with Gasteiger partial charge in [0.2, 0.25) is 0 Å². The number of aromatic hydroxyl groups is 1. The molecule has 0 spiro atoms. The predicted octanol–water partition coefficient (Wildman–Crippen LogP) is -1.60. The summed E-state index contributed by atoms with van der Waals surface area (Å²) in [6.07, 6.45) is 4.85. The summed E-state index contributed by atoms with van der Waals surface area (Å²) in [6, 6.07) is 3.46. The largest absolute Gasteiger partial charge is 1.00 e. The number of piperidine rings is 1. The van der Waals surface area contributed by atoms with Crippen LogP contribution in [-0.2, 0) is 16.6 Å². The molecule has 7 heteroatoms. The number of nitrogens with two attached hydrogens (primary N) is 1. The second kappa shape index (κ2) is 6.43. The van der Waals surface area contributed by atoms with Gasteiger partial charge in [-0.1, -0.05) is 6.07 Å². The molecule has 0 aromatic heterocycles. The van der Waals surface area contributed by atoms with E-state index in [0.29, 0.717) is 31.2 Å². The zero-order chi connectivity index (χ0) is 19.9. The molecule has 4 N–H and O–H groups in total. The Morgan fingerprint density at radius 1 is 1.31 bits per heavy atom. The standard InChI is InChI=1S/C22H28N2O4.ClH/c1-24(12-13-2-3-13)9-8-21-11-15(25)6-7-22(21,28)17(24)10-14-4-5-16(20(23)27)19(26)18(14)21;/h4-5,13,17,28H,2-3,6-12H2,1H3,(H2-,23,26,27);1H/t17-,21-,22-,24-;/m1./s1. The topological polar surface area (TPSA) is 101 Å². The second-order valence-electron chi connectivity index (χ2n) is 9.88. The van der Waals surface area contributed by atoms with E-state index in [4.69, 9.17) is 5.73 Å². The van der Waals surface area contributed by atoms with Crippen molar-refractivity contribution in [3.63, 3.8) is 0 Å². The van der Waals surface area contributed by atoms with Gasteiger partial charge in [0.15, 0.2) is 0 Å². The number of amides is 1. The molecule has 3 aliphatic carbocycles. The van der Waals surface area contributed by atoms with Crippen LogP contribution in [0.3, 0.4) is 0 Å². The summed E-state index contributed by atoms with van der Waals surface area (Å²) in [6.45, 7) is 1.94. The third-order valence-electron chi connectivity index (χ3n) is 8.26. The summed E-state index contributed by atoms with van der Waals surface area (Å²) in [4.78, 5) is 24.4. The minimum Gasteiger partial charge on any atom is -1.00 e. The van der Waals surface area contributed by atoms with Crippen LogP contribution in [0.1, 0.15) is 60.0 Å². The van der Waals surface area contributed by atoms with Crippen molar-refractivity contribution < 1.29 is 36.7 Å². The van der Waals surface area contributed by atoms with Crippen LogP contribution in [-0.4, -0.2) is 58.2 Å². The van der Waals surface area contributed by atoms with Crippen LogP contribution in [0.4, 0.5) is 0 Å². The van der Waals surface area contributed by atoms with E-state index in [1.165, 1.54) is 12.8 Å². The highest BCUT2D eigenvalue weighted by atomic mass is 35.5. The quantitative estimate of drug-likeness (QED) is 0.513. The smallest absolute Gasteiger partial charge is 0.252 e. The number of primary amides is 1. The van der Waals surface area contributed by atoms with E-state index < -0.39 is 16.9 Å². The van der Waals surface area contributed by atoms with Gasteiger partial charge < -0.3 is 32.8 Å². The summed E-state index contributed by atoms with van der Waals surface area (Å²) in [5.41, 5.74) is 5.23. The van der Waals surface area contributed by atoms with Gasteiger partial charge in [-0.3, -0.25) is 9.59 Å². The number of benzene rings is 1. The molecule has 3 fully saturated rings. The number of Topliss-reactive ketones (excluding diaryl/α,β-unsaturated/α-hetero) is 1. The normalized spacial score (nSPS) is 37.9. The minimum absolute atomic E-state index is 0. The number of quaternary nitrogens is 1. The van der Waals surface area contributed by atoms with Gasteiger partial charge >= 0.3 is 0 Å². The number of aliphatic hydroxyl groups is 1. The van der Waals surface area contributed by atoms with Crippen LogP contribution in [0.5, 0.6) is 5.75 Å². The number of likely N-dealkylation sites (tertiary alicyclic amines) is 1. The van der Waals surface area contributed by atoms with Crippen molar-refractivity contribution in [3.05, 3.63) is 28.8 Å². The summed E-state index contributed by atoms with van der Waals surface area (Å²) >= 11 is 0. The maximum absolute atomic E-state index is 12.6. The Morgan fingerprint density at radius 2 is 2.03 bits per heavy atom. The number of carbonyl (C=O) groups excluding carboxylic acids is 2. The first-order valence-corrected chi connectivity index (χ1v) is 10.4. The van der Waals surface area contributed by atoms with E-state index in [1.54, 1.807) is 6.07 Å². The number of hydrogen-bond acceptors (Lipinski definition) is 4. The molecule has 2 bridgehead atoms. The lowest BCUT2D eigenvalue weighted by Crippen LogP contribution is -3.00. The lowest BCUT2D eigenvalue weighted by molar-refractivity contribution is -0.950. The summed E-state index contributed by atoms with van der Waals surface area (Å²) in [5.74, 6) is 0.0429. The Labute approximate surface area is 177 Å². The Bertz CT molecular complexity index is 901. The molecule has 1 aliphatic heterocycles. The number of ketones is 1. The van der Waals surface area contributed by atoms with Gasteiger partial charge in [-0.25, -0.2) is 0 Å². The first-order chi connectivity index (χ1) is 13.2. The molecule has 1 heterocycles.